The van der Waals surface area contributed by atoms with Crippen LogP contribution in [-0.2, 0) is 0 Å². The summed E-state index contributed by atoms with van der Waals surface area (Å²) in [5.74, 6) is 1.82. The van der Waals surface area contributed by atoms with E-state index in [1.165, 1.54) is 0 Å². The Hall–Kier alpha value is -3.66. The van der Waals surface area contributed by atoms with E-state index in [4.69, 9.17) is 0 Å². The monoisotopic (exact) mass is 392 g/mol. The molecule has 4 rings (SSSR count). The lowest BCUT2D eigenvalue weighted by molar-refractivity contribution is 0.103. The van der Waals surface area contributed by atoms with Gasteiger partial charge in [-0.25, -0.2) is 15.0 Å². The number of rotatable bonds is 5. The maximum atomic E-state index is 12.2. The second-order valence-electron chi connectivity index (χ2n) is 5.97. The molecule has 1 amide bonds. The molecule has 0 unspecified atom stereocenters. The van der Waals surface area contributed by atoms with Gasteiger partial charge in [0.1, 0.15) is 28.7 Å². The molecule has 0 radical (unpaired) electrons. The predicted molar refractivity (Wildman–Crippen MR) is 106 cm³/mol. The molecular formula is C18H16N8OS. The molecule has 0 atom stereocenters. The largest absolute Gasteiger partial charge is 0.340 e. The summed E-state index contributed by atoms with van der Waals surface area (Å²) in [4.78, 5) is 25.6. The molecule has 2 N–H and O–H groups in total. The van der Waals surface area contributed by atoms with Crippen molar-refractivity contribution in [1.29, 1.82) is 0 Å². The standard InChI is InChI=1S/C18H16N8OS/c1-11-17(28-25-24-11)18(27)23-14-5-3-13(4-6-14)22-15-9-16(21-12(2)20-15)26-8-7-19-10-26/h3-10H,1-2H3,(H,23,27)(H,20,21,22). The van der Waals surface area contributed by atoms with E-state index in [1.807, 2.05) is 48.0 Å². The molecule has 4 aromatic rings. The summed E-state index contributed by atoms with van der Waals surface area (Å²) < 4.78 is 5.60. The average molecular weight is 392 g/mol. The number of hydrogen-bond acceptors (Lipinski definition) is 8. The first kappa shape index (κ1) is 17.7. The van der Waals surface area contributed by atoms with Crippen LogP contribution in [0.5, 0.6) is 0 Å². The summed E-state index contributed by atoms with van der Waals surface area (Å²) in [5, 5.41) is 9.94. The van der Waals surface area contributed by atoms with Crippen LogP contribution in [0.15, 0.2) is 49.1 Å². The van der Waals surface area contributed by atoms with Gasteiger partial charge < -0.3 is 10.6 Å². The molecule has 3 heterocycles. The van der Waals surface area contributed by atoms with Gasteiger partial charge in [-0.2, -0.15) is 0 Å². The van der Waals surface area contributed by atoms with E-state index in [1.54, 1.807) is 19.4 Å². The molecule has 0 fully saturated rings. The third-order valence-electron chi connectivity index (χ3n) is 3.87. The lowest BCUT2D eigenvalue weighted by Gasteiger charge is -2.10. The summed E-state index contributed by atoms with van der Waals surface area (Å²) >= 11 is 1.08. The van der Waals surface area contributed by atoms with E-state index in [2.05, 4.69) is 35.2 Å². The summed E-state index contributed by atoms with van der Waals surface area (Å²) in [6, 6.07) is 9.19. The first-order valence-electron chi connectivity index (χ1n) is 8.40. The van der Waals surface area contributed by atoms with Gasteiger partial charge in [0.2, 0.25) is 0 Å². The van der Waals surface area contributed by atoms with Gasteiger partial charge in [-0.1, -0.05) is 4.49 Å². The molecule has 0 saturated heterocycles. The van der Waals surface area contributed by atoms with Gasteiger partial charge in [-0.3, -0.25) is 9.36 Å². The highest BCUT2D eigenvalue weighted by Crippen LogP contribution is 2.20. The molecule has 0 aliphatic carbocycles. The van der Waals surface area contributed by atoms with Gasteiger partial charge in [0, 0.05) is 29.8 Å². The van der Waals surface area contributed by atoms with Crippen LogP contribution in [0.1, 0.15) is 21.2 Å². The molecule has 0 aliphatic rings. The molecule has 3 aromatic heterocycles. The molecular weight excluding hydrogens is 376 g/mol. The number of benzene rings is 1. The Labute approximate surface area is 164 Å². The molecule has 0 saturated carbocycles. The Morgan fingerprint density at radius 1 is 1.11 bits per heavy atom. The number of aryl methyl sites for hydroxylation is 2. The van der Waals surface area contributed by atoms with Crippen LogP contribution in [0.3, 0.4) is 0 Å². The smallest absolute Gasteiger partial charge is 0.269 e. The average Bonchev–Trinajstić information content (AvgIpc) is 3.34. The summed E-state index contributed by atoms with van der Waals surface area (Å²) in [6.45, 7) is 3.59. The first-order chi connectivity index (χ1) is 13.6. The summed E-state index contributed by atoms with van der Waals surface area (Å²) in [7, 11) is 0. The maximum absolute atomic E-state index is 12.2. The normalized spacial score (nSPS) is 10.6. The van der Waals surface area contributed by atoms with E-state index < -0.39 is 0 Å². The fourth-order valence-electron chi connectivity index (χ4n) is 2.56. The zero-order valence-electron chi connectivity index (χ0n) is 15.1. The summed E-state index contributed by atoms with van der Waals surface area (Å²) in [6.07, 6.45) is 5.20. The highest BCUT2D eigenvalue weighted by atomic mass is 32.1. The number of nitrogens with zero attached hydrogens (tertiary/aromatic N) is 6. The van der Waals surface area contributed by atoms with Gasteiger partial charge >= 0.3 is 0 Å². The van der Waals surface area contributed by atoms with Crippen molar-refractivity contribution in [3.63, 3.8) is 0 Å². The molecule has 1 aromatic carbocycles. The van der Waals surface area contributed by atoms with Crippen molar-refractivity contribution in [3.05, 3.63) is 65.4 Å². The fraction of sp³-hybridized carbons (Fsp3) is 0.111. The van der Waals surface area contributed by atoms with Crippen molar-refractivity contribution < 1.29 is 4.79 Å². The molecule has 9 nitrogen and oxygen atoms in total. The van der Waals surface area contributed by atoms with Crippen molar-refractivity contribution >= 4 is 34.6 Å². The van der Waals surface area contributed by atoms with Crippen LogP contribution in [-0.4, -0.2) is 35.0 Å². The van der Waals surface area contributed by atoms with E-state index in [0.29, 0.717) is 27.9 Å². The summed E-state index contributed by atoms with van der Waals surface area (Å²) in [5.41, 5.74) is 2.14. The number of aromatic nitrogens is 6. The van der Waals surface area contributed by atoms with E-state index in [9.17, 15) is 4.79 Å². The van der Waals surface area contributed by atoms with Crippen LogP contribution >= 0.6 is 11.5 Å². The predicted octanol–water partition coefficient (Wildman–Crippen LogP) is 3.13. The van der Waals surface area contributed by atoms with Crippen LogP contribution in [0.4, 0.5) is 17.2 Å². The van der Waals surface area contributed by atoms with Crippen LogP contribution in [0.25, 0.3) is 5.82 Å². The van der Waals surface area contributed by atoms with E-state index in [-0.39, 0.29) is 5.91 Å². The number of imidazole rings is 1. The second-order valence-corrected chi connectivity index (χ2v) is 6.73. The minimum absolute atomic E-state index is 0.218. The molecule has 28 heavy (non-hydrogen) atoms. The third-order valence-corrected chi connectivity index (χ3v) is 4.69. The maximum Gasteiger partial charge on any atom is 0.269 e. The lowest BCUT2D eigenvalue weighted by Crippen LogP contribution is -2.11. The SMILES string of the molecule is Cc1nc(Nc2ccc(NC(=O)c3snnc3C)cc2)cc(-n2ccnc2)n1. The van der Waals surface area contributed by atoms with Crippen molar-refractivity contribution in [2.24, 2.45) is 0 Å². The molecule has 140 valence electrons. The van der Waals surface area contributed by atoms with E-state index in [0.717, 1.165) is 23.0 Å². The van der Waals surface area contributed by atoms with Crippen molar-refractivity contribution in [2.75, 3.05) is 10.6 Å². The lowest BCUT2D eigenvalue weighted by atomic mass is 10.2. The second kappa shape index (κ2) is 7.53. The number of carbonyl (C=O) groups is 1. The Kier molecular flexibility index (Phi) is 4.77. The third kappa shape index (κ3) is 3.86. The van der Waals surface area contributed by atoms with Crippen LogP contribution < -0.4 is 10.6 Å². The van der Waals surface area contributed by atoms with Crippen molar-refractivity contribution in [2.45, 2.75) is 13.8 Å². The zero-order chi connectivity index (χ0) is 19.5. The Morgan fingerprint density at radius 3 is 2.57 bits per heavy atom. The van der Waals surface area contributed by atoms with Gasteiger partial charge in [-0.05, 0) is 49.6 Å². The molecule has 0 spiro atoms. The molecule has 0 aliphatic heterocycles. The minimum Gasteiger partial charge on any atom is -0.340 e. The Bertz CT molecular complexity index is 1110. The number of anilines is 3. The highest BCUT2D eigenvalue weighted by Gasteiger charge is 2.13. The first-order valence-corrected chi connectivity index (χ1v) is 9.17. The highest BCUT2D eigenvalue weighted by molar-refractivity contribution is 7.08. The van der Waals surface area contributed by atoms with Crippen molar-refractivity contribution in [1.82, 2.24) is 29.1 Å². The van der Waals surface area contributed by atoms with Gasteiger partial charge in [0.15, 0.2) is 0 Å². The Balaban J connectivity index is 1.48. The number of carbonyl (C=O) groups excluding carboxylic acids is 1. The van der Waals surface area contributed by atoms with Crippen LogP contribution in [0.2, 0.25) is 0 Å². The topological polar surface area (TPSA) is 111 Å². The van der Waals surface area contributed by atoms with Gasteiger partial charge in [-0.15, -0.1) is 5.10 Å². The van der Waals surface area contributed by atoms with Gasteiger partial charge in [0.05, 0.1) is 5.69 Å². The Morgan fingerprint density at radius 2 is 1.89 bits per heavy atom. The quantitative estimate of drug-likeness (QED) is 0.537. The molecule has 10 heteroatoms. The van der Waals surface area contributed by atoms with Gasteiger partial charge in [0.25, 0.3) is 5.91 Å². The van der Waals surface area contributed by atoms with Crippen LogP contribution in [0, 0.1) is 13.8 Å². The molecule has 0 bridgehead atoms. The van der Waals surface area contributed by atoms with E-state index >= 15 is 0 Å². The zero-order valence-corrected chi connectivity index (χ0v) is 15.9. The number of nitrogens with one attached hydrogen (secondary N) is 2. The number of amides is 1. The number of hydrogen-bond donors (Lipinski definition) is 2. The van der Waals surface area contributed by atoms with Crippen molar-refractivity contribution in [3.8, 4) is 5.82 Å². The fourth-order valence-corrected chi connectivity index (χ4v) is 3.11. The minimum atomic E-state index is -0.218.